The third-order valence-electron chi connectivity index (χ3n) is 4.22. The summed E-state index contributed by atoms with van der Waals surface area (Å²) in [6.45, 7) is 3.93. The Kier molecular flexibility index (Phi) is 12.0. The summed E-state index contributed by atoms with van der Waals surface area (Å²) >= 11 is 0. The quantitative estimate of drug-likeness (QED) is 0.212. The topological polar surface area (TPSA) is 195 Å². The zero-order chi connectivity index (χ0) is 22.9. The van der Waals surface area contributed by atoms with Crippen LogP contribution in [0.25, 0.3) is 0 Å². The molecule has 0 aromatic carbocycles. The van der Waals surface area contributed by atoms with Crippen LogP contribution in [-0.2, 0) is 30.4 Å². The predicted molar refractivity (Wildman–Crippen MR) is 107 cm³/mol. The monoisotopic (exact) mass is 496 g/mol. The second-order valence-electron chi connectivity index (χ2n) is 7.68. The zero-order valence-corrected chi connectivity index (χ0v) is 20.1. The average Bonchev–Trinajstić information content (AvgIpc) is 2.44. The Morgan fingerprint density at radius 1 is 0.759 bits per heavy atom. The van der Waals surface area contributed by atoms with Crippen molar-refractivity contribution in [2.45, 2.75) is 57.3 Å². The van der Waals surface area contributed by atoms with Gasteiger partial charge in [-0.3, -0.25) is 0 Å². The van der Waals surface area contributed by atoms with Gasteiger partial charge in [-0.1, -0.05) is 0 Å². The van der Waals surface area contributed by atoms with Crippen molar-refractivity contribution < 1.29 is 43.7 Å². The molecule has 0 saturated carbocycles. The van der Waals surface area contributed by atoms with E-state index in [1.54, 1.807) is 18.0 Å². The number of nitrogens with zero attached hydrogens (tertiary/aromatic N) is 1. The van der Waals surface area contributed by atoms with Gasteiger partial charge in [0.05, 0.1) is 30.4 Å². The van der Waals surface area contributed by atoms with Crippen LogP contribution in [0.1, 0.15) is 32.1 Å². The molecule has 0 fully saturated rings. The Bertz CT molecular complexity index is 790. The van der Waals surface area contributed by atoms with Crippen molar-refractivity contribution in [3.05, 3.63) is 0 Å². The van der Waals surface area contributed by atoms with E-state index >= 15 is 0 Å². The highest BCUT2D eigenvalue weighted by atomic mass is 32.2. The molecule has 29 heavy (non-hydrogen) atoms. The number of rotatable bonds is 16. The summed E-state index contributed by atoms with van der Waals surface area (Å²) in [7, 11) is -15.8. The third-order valence-corrected chi connectivity index (χ3v) is 8.11. The maximum Gasteiger partial charge on any atom is 0.182 e. The summed E-state index contributed by atoms with van der Waals surface area (Å²) < 4.78 is 98.0. The number of hydrogen-bond donors (Lipinski definition) is 1. The lowest BCUT2D eigenvalue weighted by molar-refractivity contribution is 0.180. The molecule has 1 N–H and O–H groups in total. The predicted octanol–water partition coefficient (Wildman–Crippen LogP) is -0.559. The van der Waals surface area contributed by atoms with Crippen molar-refractivity contribution in [3.8, 4) is 0 Å². The first-order valence-corrected chi connectivity index (χ1v) is 17.0. The van der Waals surface area contributed by atoms with E-state index in [1.807, 2.05) is 0 Å². The van der Waals surface area contributed by atoms with E-state index in [4.69, 9.17) is 0 Å². The van der Waals surface area contributed by atoms with Crippen molar-refractivity contribution in [3.63, 3.8) is 0 Å². The standard InChI is InChI=1S/C14H33NO10S3Si/c1-29(2,25)13-5-9-15(8-4-11-27(19,20)21)14(7-12-28(22,23)24)6-3-10-26(16,17)18/h14,25H,3-13H2,1-2H3,(H,16,17,18)(H,19,20,21)(H,22,23,24)/p-3. The Balaban J connectivity index is 5.25. The molecule has 1 atom stereocenters. The zero-order valence-electron chi connectivity index (χ0n) is 16.6. The first-order valence-electron chi connectivity index (χ1n) is 9.15. The van der Waals surface area contributed by atoms with Crippen LogP contribution in [-0.4, -0.2) is 93.3 Å². The highest BCUT2D eigenvalue weighted by molar-refractivity contribution is 7.86. The number of hydrogen-bond acceptors (Lipinski definition) is 11. The van der Waals surface area contributed by atoms with Crippen LogP contribution in [0.5, 0.6) is 0 Å². The summed E-state index contributed by atoms with van der Waals surface area (Å²) in [5.41, 5.74) is 0. The van der Waals surface area contributed by atoms with E-state index in [0.717, 1.165) is 0 Å². The van der Waals surface area contributed by atoms with Crippen LogP contribution in [0, 0.1) is 0 Å². The minimum absolute atomic E-state index is 0.0216. The van der Waals surface area contributed by atoms with Gasteiger partial charge in [0, 0.05) is 23.3 Å². The molecule has 0 aliphatic heterocycles. The molecule has 0 rings (SSSR count). The first kappa shape index (κ1) is 28.9. The molecule has 0 aliphatic carbocycles. The van der Waals surface area contributed by atoms with E-state index in [2.05, 4.69) is 0 Å². The Hall–Kier alpha value is -0.133. The molecule has 0 saturated heterocycles. The van der Waals surface area contributed by atoms with Gasteiger partial charge in [-0.2, -0.15) is 0 Å². The lowest BCUT2D eigenvalue weighted by atomic mass is 10.1. The van der Waals surface area contributed by atoms with Crippen molar-refractivity contribution in [1.29, 1.82) is 0 Å². The maximum atomic E-state index is 11.0. The second kappa shape index (κ2) is 12.0. The van der Waals surface area contributed by atoms with E-state index in [0.29, 0.717) is 19.0 Å². The highest BCUT2D eigenvalue weighted by Gasteiger charge is 2.22. The fourth-order valence-electron chi connectivity index (χ4n) is 2.92. The Morgan fingerprint density at radius 3 is 1.66 bits per heavy atom. The summed E-state index contributed by atoms with van der Waals surface area (Å²) in [6, 6.07) is -0.0662. The Labute approximate surface area is 174 Å². The van der Waals surface area contributed by atoms with E-state index in [1.165, 1.54) is 0 Å². The van der Waals surface area contributed by atoms with Gasteiger partial charge in [0.15, 0.2) is 8.32 Å². The summed E-state index contributed by atoms with van der Waals surface area (Å²) in [5.74, 6) is -1.96. The van der Waals surface area contributed by atoms with Crippen LogP contribution < -0.4 is 0 Å². The van der Waals surface area contributed by atoms with Gasteiger partial charge in [0.25, 0.3) is 0 Å². The molecule has 0 bridgehead atoms. The van der Waals surface area contributed by atoms with E-state index < -0.39 is 62.0 Å². The van der Waals surface area contributed by atoms with Crippen molar-refractivity contribution in [2.75, 3.05) is 30.3 Å². The molecule has 15 heteroatoms. The second-order valence-corrected chi connectivity index (χ2v) is 16.4. The average molecular weight is 497 g/mol. The fourth-order valence-corrected chi connectivity index (χ4v) is 5.51. The van der Waals surface area contributed by atoms with Crippen molar-refractivity contribution in [2.24, 2.45) is 0 Å². The molecule has 11 nitrogen and oxygen atoms in total. The van der Waals surface area contributed by atoms with Crippen LogP contribution >= 0.6 is 0 Å². The summed E-state index contributed by atoms with van der Waals surface area (Å²) in [5, 5.41) is 0. The van der Waals surface area contributed by atoms with Gasteiger partial charge >= 0.3 is 0 Å². The summed E-state index contributed by atoms with van der Waals surface area (Å²) in [4.78, 5) is 11.7. The molecule has 0 spiro atoms. The summed E-state index contributed by atoms with van der Waals surface area (Å²) in [6.07, 6.45) is 0.439. The molecule has 0 aromatic heterocycles. The minimum Gasteiger partial charge on any atom is -0.748 e. The van der Waals surface area contributed by atoms with Gasteiger partial charge in [0.1, 0.15) is 0 Å². The third kappa shape index (κ3) is 19.6. The van der Waals surface area contributed by atoms with Crippen molar-refractivity contribution in [1.82, 2.24) is 4.90 Å². The van der Waals surface area contributed by atoms with Crippen LogP contribution in [0.15, 0.2) is 0 Å². The smallest absolute Gasteiger partial charge is 0.182 e. The molecule has 1 unspecified atom stereocenters. The SMILES string of the molecule is C[Si](C)(O)CCCN(CCCS(=O)(=O)[O-])C(CCCS(=O)(=O)[O-])CCS(=O)(=O)[O-]. The Morgan fingerprint density at radius 2 is 1.21 bits per heavy atom. The first-order chi connectivity index (χ1) is 12.9. The lowest BCUT2D eigenvalue weighted by Gasteiger charge is -2.33. The maximum absolute atomic E-state index is 11.0. The minimum atomic E-state index is -4.53. The largest absolute Gasteiger partial charge is 0.748 e. The van der Waals surface area contributed by atoms with Gasteiger partial charge in [-0.15, -0.1) is 0 Å². The molecule has 0 amide bonds. The van der Waals surface area contributed by atoms with Gasteiger partial charge in [-0.05, 0) is 64.3 Å². The van der Waals surface area contributed by atoms with E-state index in [9.17, 15) is 43.7 Å². The van der Waals surface area contributed by atoms with E-state index in [-0.39, 0.29) is 32.2 Å². The van der Waals surface area contributed by atoms with Crippen molar-refractivity contribution >= 4 is 38.7 Å². The fraction of sp³-hybridized carbons (Fsp3) is 1.00. The molecule has 0 aliphatic rings. The molecular formula is C14H30NO10S3Si-3. The highest BCUT2D eigenvalue weighted by Crippen LogP contribution is 2.17. The normalized spacial score (nSPS) is 15.0. The molecule has 0 aromatic rings. The van der Waals surface area contributed by atoms with Gasteiger partial charge in [0.2, 0.25) is 0 Å². The molecule has 0 heterocycles. The lowest BCUT2D eigenvalue weighted by Crippen LogP contribution is -2.40. The molecule has 0 radical (unpaired) electrons. The van der Waals surface area contributed by atoms with Gasteiger partial charge < -0.3 is 23.4 Å². The van der Waals surface area contributed by atoms with Gasteiger partial charge in [-0.25, -0.2) is 25.3 Å². The van der Waals surface area contributed by atoms with Crippen LogP contribution in [0.3, 0.4) is 0 Å². The van der Waals surface area contributed by atoms with Crippen LogP contribution in [0.4, 0.5) is 0 Å². The van der Waals surface area contributed by atoms with Crippen LogP contribution in [0.2, 0.25) is 19.1 Å². The molecule has 176 valence electrons. The molecular weight excluding hydrogens is 466 g/mol.